The number of nitrogens with zero attached hydrogens (tertiary/aromatic N) is 3. The van der Waals surface area contributed by atoms with Crippen LogP contribution in [0.15, 0.2) is 36.7 Å². The number of pyridine rings is 1. The van der Waals surface area contributed by atoms with Gasteiger partial charge in [0.1, 0.15) is 6.10 Å². The Hall–Kier alpha value is -1.62. The van der Waals surface area contributed by atoms with Crippen molar-refractivity contribution in [3.8, 4) is 0 Å². The summed E-state index contributed by atoms with van der Waals surface area (Å²) in [5.41, 5.74) is 1.83. The fourth-order valence-corrected chi connectivity index (χ4v) is 2.74. The molecule has 1 unspecified atom stereocenters. The number of hydrogen-bond donors (Lipinski definition) is 1. The molecule has 0 aliphatic heterocycles. The zero-order valence-corrected chi connectivity index (χ0v) is 12.1. The van der Waals surface area contributed by atoms with Gasteiger partial charge in [-0.2, -0.15) is 5.10 Å². The summed E-state index contributed by atoms with van der Waals surface area (Å²) in [6.07, 6.45) is 2.26. The fourth-order valence-electron chi connectivity index (χ4n) is 2.26. The van der Waals surface area contributed by atoms with Crippen LogP contribution in [0.1, 0.15) is 17.4 Å². The van der Waals surface area contributed by atoms with Crippen LogP contribution in [0.2, 0.25) is 10.0 Å². The summed E-state index contributed by atoms with van der Waals surface area (Å²) in [7, 11) is 1.73. The van der Waals surface area contributed by atoms with Gasteiger partial charge in [0.15, 0.2) is 0 Å². The van der Waals surface area contributed by atoms with E-state index in [-0.39, 0.29) is 0 Å². The molecular weight excluding hydrogens is 297 g/mol. The van der Waals surface area contributed by atoms with E-state index >= 15 is 0 Å². The van der Waals surface area contributed by atoms with Crippen LogP contribution in [0.4, 0.5) is 0 Å². The zero-order chi connectivity index (χ0) is 14.3. The summed E-state index contributed by atoms with van der Waals surface area (Å²) in [5, 5.41) is 16.5. The smallest absolute Gasteiger partial charge is 0.124 e. The molecule has 0 amide bonds. The quantitative estimate of drug-likeness (QED) is 0.790. The Balaban J connectivity index is 2.23. The number of aromatic nitrogens is 3. The van der Waals surface area contributed by atoms with Crippen molar-refractivity contribution in [2.24, 2.45) is 7.05 Å². The maximum absolute atomic E-state index is 10.6. The maximum atomic E-state index is 10.6. The highest BCUT2D eigenvalue weighted by molar-refractivity contribution is 6.35. The van der Waals surface area contributed by atoms with E-state index in [1.165, 1.54) is 6.20 Å². The molecule has 102 valence electrons. The predicted octanol–water partition coefficient (Wildman–Crippen LogP) is 3.36. The summed E-state index contributed by atoms with van der Waals surface area (Å²) in [6.45, 7) is 0. The zero-order valence-electron chi connectivity index (χ0n) is 10.6. The van der Waals surface area contributed by atoms with E-state index in [9.17, 15) is 5.11 Å². The lowest BCUT2D eigenvalue weighted by atomic mass is 10.0. The molecule has 20 heavy (non-hydrogen) atoms. The molecule has 0 saturated carbocycles. The second-order valence-corrected chi connectivity index (χ2v) is 5.25. The number of fused-ring (bicyclic) bond motifs is 1. The van der Waals surface area contributed by atoms with Gasteiger partial charge in [0.2, 0.25) is 0 Å². The van der Waals surface area contributed by atoms with Gasteiger partial charge in [-0.15, -0.1) is 0 Å². The molecule has 0 saturated heterocycles. The molecule has 0 radical (unpaired) electrons. The second kappa shape index (κ2) is 5.05. The number of benzene rings is 1. The van der Waals surface area contributed by atoms with E-state index in [0.29, 0.717) is 26.8 Å². The lowest BCUT2D eigenvalue weighted by Gasteiger charge is -2.14. The highest BCUT2D eigenvalue weighted by atomic mass is 35.5. The first kappa shape index (κ1) is 13.4. The van der Waals surface area contributed by atoms with Crippen molar-refractivity contribution < 1.29 is 5.11 Å². The molecule has 1 atom stereocenters. The van der Waals surface area contributed by atoms with E-state index in [0.717, 1.165) is 5.39 Å². The van der Waals surface area contributed by atoms with Gasteiger partial charge in [-0.25, -0.2) is 0 Å². The number of rotatable bonds is 2. The van der Waals surface area contributed by atoms with Gasteiger partial charge in [0.05, 0.1) is 22.4 Å². The normalized spacial score (nSPS) is 12.8. The Morgan fingerprint density at radius 1 is 1.20 bits per heavy atom. The molecule has 2 aromatic heterocycles. The number of aliphatic hydroxyl groups excluding tert-OH is 1. The monoisotopic (exact) mass is 307 g/mol. The van der Waals surface area contributed by atoms with Gasteiger partial charge < -0.3 is 5.11 Å². The van der Waals surface area contributed by atoms with E-state index in [1.807, 2.05) is 6.07 Å². The van der Waals surface area contributed by atoms with Crippen LogP contribution in [0.25, 0.3) is 10.9 Å². The number of aryl methyl sites for hydroxylation is 1. The summed E-state index contributed by atoms with van der Waals surface area (Å²) >= 11 is 12.2. The minimum Gasteiger partial charge on any atom is -0.382 e. The van der Waals surface area contributed by atoms with Crippen molar-refractivity contribution in [3.63, 3.8) is 0 Å². The Morgan fingerprint density at radius 2 is 2.00 bits per heavy atom. The Bertz CT molecular complexity index is 766. The molecule has 1 N–H and O–H groups in total. The molecule has 3 aromatic rings. The van der Waals surface area contributed by atoms with Crippen molar-refractivity contribution in [1.82, 2.24) is 14.8 Å². The Morgan fingerprint density at radius 3 is 2.70 bits per heavy atom. The van der Waals surface area contributed by atoms with E-state index in [4.69, 9.17) is 23.2 Å². The maximum Gasteiger partial charge on any atom is 0.124 e. The van der Waals surface area contributed by atoms with Crippen molar-refractivity contribution >= 4 is 34.1 Å². The molecule has 1 aromatic carbocycles. The summed E-state index contributed by atoms with van der Waals surface area (Å²) < 4.78 is 1.55. The summed E-state index contributed by atoms with van der Waals surface area (Å²) in [6, 6.07) is 7.17. The molecule has 2 heterocycles. The Kier molecular flexibility index (Phi) is 3.38. The lowest BCUT2D eigenvalue weighted by Crippen LogP contribution is -2.08. The van der Waals surface area contributed by atoms with Crippen LogP contribution in [0.3, 0.4) is 0 Å². The first-order valence-corrected chi connectivity index (χ1v) is 6.73. The van der Waals surface area contributed by atoms with Crippen LogP contribution in [-0.4, -0.2) is 19.9 Å². The average Bonchev–Trinajstić information content (AvgIpc) is 2.78. The van der Waals surface area contributed by atoms with E-state index in [2.05, 4.69) is 10.1 Å². The van der Waals surface area contributed by atoms with Gasteiger partial charge >= 0.3 is 0 Å². The van der Waals surface area contributed by atoms with Crippen LogP contribution in [-0.2, 0) is 7.05 Å². The van der Waals surface area contributed by atoms with E-state index < -0.39 is 6.10 Å². The fraction of sp³-hybridized carbons (Fsp3) is 0.143. The minimum absolute atomic E-state index is 0.416. The van der Waals surface area contributed by atoms with Gasteiger partial charge in [-0.3, -0.25) is 9.67 Å². The highest BCUT2D eigenvalue weighted by Crippen LogP contribution is 2.33. The van der Waals surface area contributed by atoms with Gasteiger partial charge in [0, 0.05) is 29.2 Å². The molecule has 3 rings (SSSR count). The van der Waals surface area contributed by atoms with Crippen molar-refractivity contribution in [3.05, 3.63) is 58.0 Å². The van der Waals surface area contributed by atoms with Gasteiger partial charge in [-0.1, -0.05) is 29.3 Å². The first-order chi connectivity index (χ1) is 9.59. The van der Waals surface area contributed by atoms with Crippen molar-refractivity contribution in [2.75, 3.05) is 0 Å². The number of halogens is 2. The highest BCUT2D eigenvalue weighted by Gasteiger charge is 2.21. The van der Waals surface area contributed by atoms with Crippen LogP contribution in [0, 0.1) is 0 Å². The van der Waals surface area contributed by atoms with Gasteiger partial charge in [0.25, 0.3) is 0 Å². The lowest BCUT2D eigenvalue weighted by molar-refractivity contribution is 0.211. The standard InChI is InChI=1S/C14H11Cl2N3O/c1-19-13(11(16)7-18-19)14(20)9-4-5-10(15)8-3-2-6-17-12(8)9/h2-7,14,20H,1H3. The SMILES string of the molecule is Cn1ncc(Cl)c1C(O)c1ccc(Cl)c2cccnc12. The van der Waals surface area contributed by atoms with E-state index in [1.54, 1.807) is 36.1 Å². The second-order valence-electron chi connectivity index (χ2n) is 4.44. The molecule has 6 heteroatoms. The number of aliphatic hydroxyl groups is 1. The molecule has 0 aliphatic carbocycles. The van der Waals surface area contributed by atoms with Gasteiger partial charge in [-0.05, 0) is 18.2 Å². The van der Waals surface area contributed by atoms with Crippen LogP contribution < -0.4 is 0 Å². The summed E-state index contributed by atoms with van der Waals surface area (Å²) in [5.74, 6) is 0. The third-order valence-corrected chi connectivity index (χ3v) is 3.86. The van der Waals surface area contributed by atoms with Crippen molar-refractivity contribution in [2.45, 2.75) is 6.10 Å². The summed E-state index contributed by atoms with van der Waals surface area (Å²) in [4.78, 5) is 4.32. The average molecular weight is 308 g/mol. The largest absolute Gasteiger partial charge is 0.382 e. The third-order valence-electron chi connectivity index (χ3n) is 3.24. The van der Waals surface area contributed by atoms with Crippen molar-refractivity contribution in [1.29, 1.82) is 0 Å². The Labute approximate surface area is 125 Å². The number of hydrogen-bond acceptors (Lipinski definition) is 3. The third kappa shape index (κ3) is 2.06. The minimum atomic E-state index is -0.912. The van der Waals surface area contributed by atoms with Crippen LogP contribution in [0.5, 0.6) is 0 Å². The predicted molar refractivity (Wildman–Crippen MR) is 79.0 cm³/mol. The molecular formula is C14H11Cl2N3O. The first-order valence-electron chi connectivity index (χ1n) is 5.98. The molecule has 0 bridgehead atoms. The molecule has 0 spiro atoms. The van der Waals surface area contributed by atoms with Crippen LogP contribution >= 0.6 is 23.2 Å². The molecule has 0 fully saturated rings. The molecule has 4 nitrogen and oxygen atoms in total. The topological polar surface area (TPSA) is 50.9 Å². The molecule has 0 aliphatic rings.